The summed E-state index contributed by atoms with van der Waals surface area (Å²) in [6.45, 7) is 4.32. The molecule has 1 amide bonds. The van der Waals surface area contributed by atoms with Gasteiger partial charge in [-0.25, -0.2) is 5.48 Å². The molecule has 0 saturated carbocycles. The molecule has 0 aromatic carbocycles. The summed E-state index contributed by atoms with van der Waals surface area (Å²) >= 11 is 1.62. The van der Waals surface area contributed by atoms with Crippen LogP contribution in [-0.4, -0.2) is 25.7 Å². The standard InChI is InChI=1S/C16H23NO3S/c1-2-11-3-4-14-13(7-11)8-15(21-14)16(18)17-20-10-12-5-6-19-9-12/h8,11-12H,2-7,9-10H2,1H3,(H,17,18). The van der Waals surface area contributed by atoms with E-state index in [0.29, 0.717) is 12.5 Å². The lowest BCUT2D eigenvalue weighted by Gasteiger charge is -2.19. The molecule has 5 heteroatoms. The normalized spacial score (nSPS) is 24.8. The highest BCUT2D eigenvalue weighted by Crippen LogP contribution is 2.33. The average molecular weight is 309 g/mol. The molecule has 2 atom stereocenters. The van der Waals surface area contributed by atoms with Gasteiger partial charge in [-0.1, -0.05) is 13.3 Å². The van der Waals surface area contributed by atoms with Crippen molar-refractivity contribution in [3.8, 4) is 0 Å². The Hall–Kier alpha value is -0.910. The van der Waals surface area contributed by atoms with Crippen molar-refractivity contribution in [2.75, 3.05) is 19.8 Å². The van der Waals surface area contributed by atoms with Crippen LogP contribution in [0.4, 0.5) is 0 Å². The topological polar surface area (TPSA) is 47.6 Å². The Balaban J connectivity index is 1.52. The summed E-state index contributed by atoms with van der Waals surface area (Å²) in [7, 11) is 0. The number of nitrogens with one attached hydrogen (secondary N) is 1. The largest absolute Gasteiger partial charge is 0.381 e. The zero-order chi connectivity index (χ0) is 14.7. The lowest BCUT2D eigenvalue weighted by Crippen LogP contribution is -2.26. The van der Waals surface area contributed by atoms with E-state index in [1.807, 2.05) is 0 Å². The molecule has 1 fully saturated rings. The van der Waals surface area contributed by atoms with E-state index in [9.17, 15) is 4.79 Å². The molecule has 1 aromatic heterocycles. The second-order valence-electron chi connectivity index (χ2n) is 6.05. The molecular formula is C16H23NO3S. The summed E-state index contributed by atoms with van der Waals surface area (Å²) in [4.78, 5) is 19.6. The van der Waals surface area contributed by atoms with Gasteiger partial charge in [0.05, 0.1) is 18.1 Å². The summed E-state index contributed by atoms with van der Waals surface area (Å²) in [6.07, 6.45) is 5.73. The van der Waals surface area contributed by atoms with Gasteiger partial charge in [-0.15, -0.1) is 11.3 Å². The van der Waals surface area contributed by atoms with Crippen LogP contribution in [0.5, 0.6) is 0 Å². The third-order valence-corrected chi connectivity index (χ3v) is 5.73. The number of amides is 1. The van der Waals surface area contributed by atoms with E-state index in [4.69, 9.17) is 9.57 Å². The van der Waals surface area contributed by atoms with Gasteiger partial charge in [0.2, 0.25) is 0 Å². The number of carbonyl (C=O) groups excluding carboxylic acids is 1. The highest BCUT2D eigenvalue weighted by molar-refractivity contribution is 7.14. The van der Waals surface area contributed by atoms with Crippen molar-refractivity contribution < 1.29 is 14.4 Å². The average Bonchev–Trinajstić information content (AvgIpc) is 3.15. The molecule has 1 aliphatic heterocycles. The van der Waals surface area contributed by atoms with Crippen molar-refractivity contribution in [2.24, 2.45) is 11.8 Å². The number of aryl methyl sites for hydroxylation is 1. The molecule has 1 aromatic rings. The SMILES string of the molecule is CCC1CCc2sc(C(=O)NOCC3CCOC3)cc2C1. The van der Waals surface area contributed by atoms with Crippen LogP contribution < -0.4 is 5.48 Å². The molecule has 0 radical (unpaired) electrons. The Labute approximate surface area is 129 Å². The summed E-state index contributed by atoms with van der Waals surface area (Å²) in [6, 6.07) is 2.05. The van der Waals surface area contributed by atoms with Gasteiger partial charge >= 0.3 is 0 Å². The second-order valence-corrected chi connectivity index (χ2v) is 7.18. The predicted molar refractivity (Wildman–Crippen MR) is 82.5 cm³/mol. The minimum Gasteiger partial charge on any atom is -0.381 e. The van der Waals surface area contributed by atoms with E-state index in [0.717, 1.165) is 43.3 Å². The van der Waals surface area contributed by atoms with Gasteiger partial charge in [0.1, 0.15) is 0 Å². The van der Waals surface area contributed by atoms with E-state index in [1.54, 1.807) is 11.3 Å². The fourth-order valence-corrected chi connectivity index (χ4v) is 4.14. The molecule has 1 N–H and O–H groups in total. The maximum atomic E-state index is 12.1. The highest BCUT2D eigenvalue weighted by Gasteiger charge is 2.22. The third kappa shape index (κ3) is 3.65. The Kier molecular flexibility index (Phi) is 4.93. The van der Waals surface area contributed by atoms with E-state index in [1.165, 1.54) is 23.3 Å². The van der Waals surface area contributed by atoms with Crippen LogP contribution in [0.15, 0.2) is 6.07 Å². The molecule has 1 saturated heterocycles. The third-order valence-electron chi connectivity index (χ3n) is 4.49. The van der Waals surface area contributed by atoms with Crippen molar-refractivity contribution in [1.29, 1.82) is 0 Å². The fourth-order valence-electron chi connectivity index (χ4n) is 3.05. The van der Waals surface area contributed by atoms with Gasteiger partial charge < -0.3 is 4.74 Å². The lowest BCUT2D eigenvalue weighted by atomic mass is 9.87. The first kappa shape index (κ1) is 15.0. The summed E-state index contributed by atoms with van der Waals surface area (Å²) in [5.74, 6) is 1.08. The molecule has 2 heterocycles. The monoisotopic (exact) mass is 309 g/mol. The molecule has 0 bridgehead atoms. The maximum absolute atomic E-state index is 12.1. The molecule has 4 nitrogen and oxygen atoms in total. The second kappa shape index (κ2) is 6.90. The van der Waals surface area contributed by atoms with Crippen LogP contribution in [0.1, 0.15) is 46.3 Å². The Morgan fingerprint density at radius 1 is 1.48 bits per heavy atom. The van der Waals surface area contributed by atoms with Crippen molar-refractivity contribution in [2.45, 2.75) is 39.0 Å². The smallest absolute Gasteiger partial charge is 0.284 e. The van der Waals surface area contributed by atoms with Crippen LogP contribution in [0, 0.1) is 11.8 Å². The quantitative estimate of drug-likeness (QED) is 0.851. The fraction of sp³-hybridized carbons (Fsp3) is 0.688. The highest BCUT2D eigenvalue weighted by atomic mass is 32.1. The number of rotatable bonds is 5. The van der Waals surface area contributed by atoms with Crippen LogP contribution >= 0.6 is 11.3 Å². The molecule has 1 aliphatic carbocycles. The van der Waals surface area contributed by atoms with Gasteiger partial charge in [0, 0.05) is 17.4 Å². The zero-order valence-corrected chi connectivity index (χ0v) is 13.3. The number of carbonyl (C=O) groups is 1. The van der Waals surface area contributed by atoms with Crippen LogP contribution in [0.2, 0.25) is 0 Å². The maximum Gasteiger partial charge on any atom is 0.284 e. The first-order valence-electron chi connectivity index (χ1n) is 7.87. The molecule has 0 spiro atoms. The lowest BCUT2D eigenvalue weighted by molar-refractivity contribution is 0.0148. The number of ether oxygens (including phenoxy) is 1. The van der Waals surface area contributed by atoms with E-state index >= 15 is 0 Å². The molecule has 3 rings (SSSR count). The number of thiophene rings is 1. The first-order valence-corrected chi connectivity index (χ1v) is 8.69. The van der Waals surface area contributed by atoms with Crippen molar-refractivity contribution in [3.05, 3.63) is 21.4 Å². The number of hydrogen-bond acceptors (Lipinski definition) is 4. The van der Waals surface area contributed by atoms with Gasteiger partial charge in [0.15, 0.2) is 0 Å². The summed E-state index contributed by atoms with van der Waals surface area (Å²) in [5.41, 5.74) is 3.94. The predicted octanol–water partition coefficient (Wildman–Crippen LogP) is 2.96. The molecule has 116 valence electrons. The minimum atomic E-state index is -0.110. The summed E-state index contributed by atoms with van der Waals surface area (Å²) in [5, 5.41) is 0. The van der Waals surface area contributed by atoms with Crippen molar-refractivity contribution >= 4 is 17.2 Å². The first-order chi connectivity index (χ1) is 10.3. The molecule has 2 aliphatic rings. The molecule has 21 heavy (non-hydrogen) atoms. The number of hydroxylamine groups is 1. The van der Waals surface area contributed by atoms with E-state index in [-0.39, 0.29) is 5.91 Å². The summed E-state index contributed by atoms with van der Waals surface area (Å²) < 4.78 is 5.28. The minimum absolute atomic E-state index is 0.110. The van der Waals surface area contributed by atoms with Gasteiger partial charge in [-0.3, -0.25) is 9.63 Å². The molecule has 2 unspecified atom stereocenters. The Bertz CT molecular complexity index is 494. The van der Waals surface area contributed by atoms with Crippen molar-refractivity contribution in [3.63, 3.8) is 0 Å². The van der Waals surface area contributed by atoms with Gasteiger partial charge in [0.25, 0.3) is 5.91 Å². The van der Waals surface area contributed by atoms with Gasteiger partial charge in [-0.05, 0) is 43.2 Å². The molecular weight excluding hydrogens is 286 g/mol. The van der Waals surface area contributed by atoms with Crippen LogP contribution in [-0.2, 0) is 22.4 Å². The van der Waals surface area contributed by atoms with Crippen LogP contribution in [0.25, 0.3) is 0 Å². The zero-order valence-electron chi connectivity index (χ0n) is 12.5. The van der Waals surface area contributed by atoms with Crippen molar-refractivity contribution in [1.82, 2.24) is 5.48 Å². The number of fused-ring (bicyclic) bond motifs is 1. The van der Waals surface area contributed by atoms with E-state index in [2.05, 4.69) is 18.5 Å². The van der Waals surface area contributed by atoms with E-state index < -0.39 is 0 Å². The Morgan fingerprint density at radius 2 is 2.38 bits per heavy atom. The number of hydrogen-bond donors (Lipinski definition) is 1. The Morgan fingerprint density at radius 3 is 3.14 bits per heavy atom. The van der Waals surface area contributed by atoms with Gasteiger partial charge in [-0.2, -0.15) is 0 Å². The van der Waals surface area contributed by atoms with Crippen LogP contribution in [0.3, 0.4) is 0 Å².